The number of carbonyl (C=O) groups excluding carboxylic acids is 2. The molecule has 0 atom stereocenters. The lowest BCUT2D eigenvalue weighted by Gasteiger charge is -2.23. The Bertz CT molecular complexity index is 1540. The van der Waals surface area contributed by atoms with Gasteiger partial charge in [0.15, 0.2) is 0 Å². The minimum atomic E-state index is -0.465. The Balaban J connectivity index is 1.57. The lowest BCUT2D eigenvalue weighted by molar-refractivity contribution is 0.0892. The van der Waals surface area contributed by atoms with E-state index in [0.717, 1.165) is 25.7 Å². The van der Waals surface area contributed by atoms with Crippen LogP contribution in [0.3, 0.4) is 0 Å². The fourth-order valence-corrected chi connectivity index (χ4v) is 6.41. The van der Waals surface area contributed by atoms with Crippen LogP contribution in [0.1, 0.15) is 24.9 Å². The van der Waals surface area contributed by atoms with Crippen LogP contribution in [-0.2, 0) is 0 Å². The number of halogens is 2. The molecule has 1 N–H and O–H groups in total. The molecule has 3 aromatic carbocycles. The average Bonchev–Trinajstić information content (AvgIpc) is 3.34. The zero-order valence-corrected chi connectivity index (χ0v) is 20.4. The molecule has 0 aliphatic rings. The minimum Gasteiger partial charge on any atom is -0.266 e. The average molecular weight is 511 g/mol. The lowest BCUT2D eigenvalue weighted by Crippen LogP contribution is -2.46. The largest absolute Gasteiger partial charge is 0.288 e. The molecule has 2 amide bonds. The van der Waals surface area contributed by atoms with Crippen LogP contribution >= 0.6 is 45.9 Å². The second-order valence-corrected chi connectivity index (χ2v) is 10.3. The van der Waals surface area contributed by atoms with Crippen LogP contribution in [0.2, 0.25) is 10.0 Å². The van der Waals surface area contributed by atoms with Gasteiger partial charge in [-0.2, -0.15) is 0 Å². The predicted octanol–water partition coefficient (Wildman–Crippen LogP) is 7.72. The van der Waals surface area contributed by atoms with Crippen molar-refractivity contribution in [2.45, 2.75) is 6.92 Å². The smallest absolute Gasteiger partial charge is 0.266 e. The number of hydrazine groups is 1. The van der Waals surface area contributed by atoms with Crippen molar-refractivity contribution in [2.24, 2.45) is 0 Å². The van der Waals surface area contributed by atoms with Gasteiger partial charge in [0.05, 0.1) is 15.7 Å². The molecular weight excluding hydrogens is 495 g/mol. The minimum absolute atomic E-state index is 0.339. The van der Waals surface area contributed by atoms with Gasteiger partial charge in [0, 0.05) is 20.2 Å². The van der Waals surface area contributed by atoms with Gasteiger partial charge in [-0.25, -0.2) is 5.01 Å². The fraction of sp³-hybridized carbons (Fsp3) is 0.0400. The molecule has 2 heterocycles. The Morgan fingerprint density at radius 3 is 1.97 bits per heavy atom. The number of carbonyl (C=O) groups is 2. The summed E-state index contributed by atoms with van der Waals surface area (Å²) in [4.78, 5) is 27.7. The van der Waals surface area contributed by atoms with E-state index in [1.807, 2.05) is 73.7 Å². The van der Waals surface area contributed by atoms with Crippen molar-refractivity contribution in [1.29, 1.82) is 0 Å². The highest BCUT2D eigenvalue weighted by molar-refractivity contribution is 7.22. The molecule has 0 aliphatic carbocycles. The molecule has 5 aromatic rings. The number of nitrogens with zero attached hydrogens (tertiary/aromatic N) is 1. The van der Waals surface area contributed by atoms with Crippen molar-refractivity contribution in [3.8, 4) is 0 Å². The predicted molar refractivity (Wildman–Crippen MR) is 139 cm³/mol. The molecule has 0 spiro atoms. The number of nitrogens with one attached hydrogen (secondary N) is 1. The van der Waals surface area contributed by atoms with E-state index >= 15 is 0 Å². The van der Waals surface area contributed by atoms with Gasteiger partial charge in [0.25, 0.3) is 11.8 Å². The van der Waals surface area contributed by atoms with Crippen molar-refractivity contribution in [2.75, 3.05) is 5.01 Å². The Morgan fingerprint density at radius 1 is 0.788 bits per heavy atom. The highest BCUT2D eigenvalue weighted by Crippen LogP contribution is 2.37. The summed E-state index contributed by atoms with van der Waals surface area (Å²) in [6.07, 6.45) is 0. The SMILES string of the molecule is Cc1cccc(N(NC(=O)c2sc3ccccc3c2Cl)C(=O)c2sc3ccccc3c2Cl)c1. The Kier molecular flexibility index (Phi) is 5.85. The van der Waals surface area contributed by atoms with E-state index in [2.05, 4.69) is 5.43 Å². The summed E-state index contributed by atoms with van der Waals surface area (Å²) < 4.78 is 1.79. The summed E-state index contributed by atoms with van der Waals surface area (Å²) in [6, 6.07) is 22.4. The van der Waals surface area contributed by atoms with Gasteiger partial charge in [-0.3, -0.25) is 15.0 Å². The lowest BCUT2D eigenvalue weighted by atomic mass is 10.2. The van der Waals surface area contributed by atoms with E-state index in [0.29, 0.717) is 25.5 Å². The molecular formula is C25H16Cl2N2O2S2. The van der Waals surface area contributed by atoms with Crippen LogP contribution in [0.5, 0.6) is 0 Å². The first-order valence-corrected chi connectivity index (χ1v) is 12.4. The first-order chi connectivity index (χ1) is 15.9. The first kappa shape index (κ1) is 21.9. The maximum absolute atomic E-state index is 13.7. The maximum Gasteiger partial charge on any atom is 0.288 e. The molecule has 164 valence electrons. The number of anilines is 1. The summed E-state index contributed by atoms with van der Waals surface area (Å²) >= 11 is 15.7. The number of hydrogen-bond donors (Lipinski definition) is 1. The van der Waals surface area contributed by atoms with Gasteiger partial charge in [0.2, 0.25) is 0 Å². The van der Waals surface area contributed by atoms with E-state index in [-0.39, 0.29) is 0 Å². The molecule has 0 unspecified atom stereocenters. The van der Waals surface area contributed by atoms with Crippen LogP contribution in [0, 0.1) is 6.92 Å². The van der Waals surface area contributed by atoms with Gasteiger partial charge in [-0.15, -0.1) is 22.7 Å². The summed E-state index contributed by atoms with van der Waals surface area (Å²) in [7, 11) is 0. The zero-order valence-electron chi connectivity index (χ0n) is 17.3. The van der Waals surface area contributed by atoms with Crippen molar-refractivity contribution >= 4 is 83.5 Å². The summed E-state index contributed by atoms with van der Waals surface area (Å²) in [5, 5.41) is 3.58. The Hall–Kier alpha value is -2.90. The van der Waals surface area contributed by atoms with Crippen molar-refractivity contribution in [3.05, 3.63) is 98.2 Å². The third kappa shape index (κ3) is 4.00. The molecule has 0 fully saturated rings. The van der Waals surface area contributed by atoms with Gasteiger partial charge < -0.3 is 0 Å². The normalized spacial score (nSPS) is 11.1. The number of rotatable bonds is 3. The van der Waals surface area contributed by atoms with Crippen LogP contribution in [0.15, 0.2) is 72.8 Å². The van der Waals surface area contributed by atoms with Crippen LogP contribution in [-0.4, -0.2) is 11.8 Å². The van der Waals surface area contributed by atoms with Crippen LogP contribution in [0.25, 0.3) is 20.2 Å². The topological polar surface area (TPSA) is 49.4 Å². The Morgan fingerprint density at radius 2 is 1.36 bits per heavy atom. The van der Waals surface area contributed by atoms with Gasteiger partial charge in [-0.1, -0.05) is 71.7 Å². The molecule has 0 bridgehead atoms. The summed E-state index contributed by atoms with van der Waals surface area (Å²) in [5.41, 5.74) is 4.24. The molecule has 0 radical (unpaired) electrons. The van der Waals surface area contributed by atoms with E-state index in [9.17, 15) is 9.59 Å². The Labute approximate surface area is 207 Å². The molecule has 8 heteroatoms. The molecule has 0 saturated heterocycles. The van der Waals surface area contributed by atoms with Crippen LogP contribution < -0.4 is 10.4 Å². The molecule has 33 heavy (non-hydrogen) atoms. The number of amides is 2. The summed E-state index contributed by atoms with van der Waals surface area (Å²) in [5.74, 6) is -0.884. The van der Waals surface area contributed by atoms with E-state index < -0.39 is 11.8 Å². The maximum atomic E-state index is 13.7. The second kappa shape index (κ2) is 8.80. The van der Waals surface area contributed by atoms with E-state index in [1.54, 1.807) is 6.07 Å². The van der Waals surface area contributed by atoms with E-state index in [4.69, 9.17) is 23.2 Å². The van der Waals surface area contributed by atoms with Gasteiger partial charge in [-0.05, 0) is 36.8 Å². The van der Waals surface area contributed by atoms with Crippen LogP contribution in [0.4, 0.5) is 5.69 Å². The number of benzene rings is 3. The first-order valence-electron chi connectivity index (χ1n) is 10.00. The number of aryl methyl sites for hydroxylation is 1. The number of fused-ring (bicyclic) bond motifs is 2. The van der Waals surface area contributed by atoms with Crippen molar-refractivity contribution in [3.63, 3.8) is 0 Å². The monoisotopic (exact) mass is 510 g/mol. The third-order valence-electron chi connectivity index (χ3n) is 5.15. The van der Waals surface area contributed by atoms with Gasteiger partial charge >= 0.3 is 0 Å². The molecule has 4 nitrogen and oxygen atoms in total. The molecule has 0 aliphatic heterocycles. The highest BCUT2D eigenvalue weighted by Gasteiger charge is 2.27. The van der Waals surface area contributed by atoms with Gasteiger partial charge in [0.1, 0.15) is 9.75 Å². The van der Waals surface area contributed by atoms with Crippen molar-refractivity contribution in [1.82, 2.24) is 5.43 Å². The highest BCUT2D eigenvalue weighted by atomic mass is 35.5. The molecule has 5 rings (SSSR count). The quantitative estimate of drug-likeness (QED) is 0.252. The standard InChI is InChI=1S/C25H16Cl2N2O2S2/c1-14-7-6-8-15(13-14)29(25(31)23-21(27)17-10-3-5-12-19(17)33-23)28-24(30)22-20(26)16-9-2-4-11-18(16)32-22/h2-13H,1H3,(H,28,30). The number of hydrogen-bond acceptors (Lipinski definition) is 4. The zero-order chi connectivity index (χ0) is 23.1. The fourth-order valence-electron chi connectivity index (χ4n) is 3.57. The number of thiophene rings is 2. The summed E-state index contributed by atoms with van der Waals surface area (Å²) in [6.45, 7) is 1.92. The molecule has 2 aromatic heterocycles. The van der Waals surface area contributed by atoms with Crippen molar-refractivity contribution < 1.29 is 9.59 Å². The second-order valence-electron chi connectivity index (χ2n) is 7.40. The molecule has 0 saturated carbocycles. The van der Waals surface area contributed by atoms with E-state index in [1.165, 1.54) is 27.7 Å². The third-order valence-corrected chi connectivity index (χ3v) is 8.48.